The van der Waals surface area contributed by atoms with Crippen molar-refractivity contribution in [3.63, 3.8) is 0 Å². The van der Waals surface area contributed by atoms with E-state index in [4.69, 9.17) is 16.3 Å². The summed E-state index contributed by atoms with van der Waals surface area (Å²) in [5.74, 6) is 0.388. The van der Waals surface area contributed by atoms with Crippen molar-refractivity contribution in [2.75, 3.05) is 0 Å². The third kappa shape index (κ3) is 2.81. The minimum Gasteiger partial charge on any atom is -0.487 e. The molecule has 0 amide bonds. The largest absolute Gasteiger partial charge is 0.487 e. The molecule has 3 aromatic rings. The van der Waals surface area contributed by atoms with E-state index in [0.717, 1.165) is 16.5 Å². The highest BCUT2D eigenvalue weighted by molar-refractivity contribution is 6.32. The van der Waals surface area contributed by atoms with Crippen molar-refractivity contribution in [1.29, 1.82) is 0 Å². The molecular weight excluding hydrogens is 301 g/mol. The zero-order valence-electron chi connectivity index (χ0n) is 12.5. The monoisotopic (exact) mass is 317 g/mol. The predicted molar refractivity (Wildman–Crippen MR) is 88.1 cm³/mol. The van der Waals surface area contributed by atoms with Crippen LogP contribution < -0.4 is 4.74 Å². The van der Waals surface area contributed by atoms with Gasteiger partial charge in [0.25, 0.3) is 0 Å². The van der Waals surface area contributed by atoms with Crippen molar-refractivity contribution in [3.05, 3.63) is 65.1 Å². The molecule has 0 unspecified atom stereocenters. The highest BCUT2D eigenvalue weighted by Crippen LogP contribution is 2.28. The summed E-state index contributed by atoms with van der Waals surface area (Å²) in [7, 11) is 0. The van der Waals surface area contributed by atoms with E-state index >= 15 is 0 Å². The third-order valence-corrected chi connectivity index (χ3v) is 3.97. The van der Waals surface area contributed by atoms with Gasteiger partial charge in [-0.3, -0.25) is 0 Å². The average molecular weight is 318 g/mol. The first-order chi connectivity index (χ1) is 10.6. The smallest absolute Gasteiger partial charge is 0.138 e. The molecule has 22 heavy (non-hydrogen) atoms. The van der Waals surface area contributed by atoms with Crippen molar-refractivity contribution >= 4 is 22.5 Å². The summed E-state index contributed by atoms with van der Waals surface area (Å²) in [6.07, 6.45) is 2.02. The van der Waals surface area contributed by atoms with E-state index < -0.39 is 0 Å². The molecule has 114 valence electrons. The zero-order valence-corrected chi connectivity index (χ0v) is 13.3. The highest BCUT2D eigenvalue weighted by Gasteiger charge is 2.12. The molecular formula is C18H17ClFNO. The van der Waals surface area contributed by atoms with Gasteiger partial charge in [-0.25, -0.2) is 4.39 Å². The molecule has 1 aromatic heterocycles. The first kappa shape index (κ1) is 14.9. The number of benzene rings is 2. The Labute approximate surface area is 134 Å². The van der Waals surface area contributed by atoms with Crippen LogP contribution in [0.25, 0.3) is 10.9 Å². The summed E-state index contributed by atoms with van der Waals surface area (Å²) in [5.41, 5.74) is 1.96. The molecule has 0 saturated heterocycles. The molecule has 0 N–H and O–H groups in total. The minimum absolute atomic E-state index is 0.243. The zero-order chi connectivity index (χ0) is 15.7. The number of rotatable bonds is 4. The lowest BCUT2D eigenvalue weighted by Crippen LogP contribution is -1.98. The molecule has 3 rings (SSSR count). The third-order valence-electron chi connectivity index (χ3n) is 3.65. The average Bonchev–Trinajstić information content (AvgIpc) is 2.84. The van der Waals surface area contributed by atoms with Crippen LogP contribution >= 0.6 is 11.6 Å². The second-order valence-electron chi connectivity index (χ2n) is 5.54. The molecule has 1 heterocycles. The van der Waals surface area contributed by atoms with Crippen molar-refractivity contribution in [1.82, 2.24) is 4.57 Å². The fraction of sp³-hybridized carbons (Fsp3) is 0.222. The van der Waals surface area contributed by atoms with Crippen molar-refractivity contribution in [3.8, 4) is 5.75 Å². The van der Waals surface area contributed by atoms with Gasteiger partial charge in [-0.05, 0) is 44.2 Å². The predicted octanol–water partition coefficient (Wildman–Crippen LogP) is 5.59. The van der Waals surface area contributed by atoms with Crippen LogP contribution in [0.3, 0.4) is 0 Å². The number of nitrogens with zero attached hydrogens (tertiary/aromatic N) is 1. The maximum absolute atomic E-state index is 13.6. The molecule has 0 saturated carbocycles. The first-order valence-corrected chi connectivity index (χ1v) is 7.60. The van der Waals surface area contributed by atoms with Gasteiger partial charge >= 0.3 is 0 Å². The molecule has 0 aliphatic carbocycles. The number of fused-ring (bicyclic) bond motifs is 1. The number of para-hydroxylation sites is 1. The Morgan fingerprint density at radius 3 is 2.68 bits per heavy atom. The Hall–Kier alpha value is -2.00. The van der Waals surface area contributed by atoms with Crippen LogP contribution in [-0.2, 0) is 6.61 Å². The van der Waals surface area contributed by atoms with Crippen LogP contribution in [0.5, 0.6) is 5.75 Å². The van der Waals surface area contributed by atoms with Crippen molar-refractivity contribution in [2.24, 2.45) is 0 Å². The summed E-state index contributed by atoms with van der Waals surface area (Å²) in [6.45, 7) is 4.55. The second kappa shape index (κ2) is 6.01. The Kier molecular flexibility index (Phi) is 4.08. The highest BCUT2D eigenvalue weighted by atomic mass is 35.5. The molecule has 4 heteroatoms. The van der Waals surface area contributed by atoms with Gasteiger partial charge in [0.2, 0.25) is 0 Å². The van der Waals surface area contributed by atoms with Gasteiger partial charge in [-0.1, -0.05) is 23.7 Å². The van der Waals surface area contributed by atoms with E-state index in [2.05, 4.69) is 18.4 Å². The van der Waals surface area contributed by atoms with E-state index in [9.17, 15) is 4.39 Å². The molecule has 0 aliphatic rings. The maximum atomic E-state index is 13.6. The second-order valence-corrected chi connectivity index (χ2v) is 5.94. The Morgan fingerprint density at radius 2 is 1.95 bits per heavy atom. The van der Waals surface area contributed by atoms with Gasteiger partial charge in [0.1, 0.15) is 18.2 Å². The summed E-state index contributed by atoms with van der Waals surface area (Å²) in [5, 5.41) is 1.45. The van der Waals surface area contributed by atoms with Crippen LogP contribution in [-0.4, -0.2) is 4.57 Å². The summed E-state index contributed by atoms with van der Waals surface area (Å²) in [6, 6.07) is 12.5. The van der Waals surface area contributed by atoms with Gasteiger partial charge in [0.05, 0.1) is 5.02 Å². The molecule has 0 bridgehead atoms. The molecule has 2 aromatic carbocycles. The van der Waals surface area contributed by atoms with Gasteiger partial charge in [-0.2, -0.15) is 0 Å². The normalized spacial score (nSPS) is 11.3. The summed E-state index contributed by atoms with van der Waals surface area (Å²) in [4.78, 5) is 0. The topological polar surface area (TPSA) is 14.2 Å². The molecule has 2 nitrogen and oxygen atoms in total. The number of ether oxygens (including phenoxy) is 1. The molecule has 0 aliphatic heterocycles. The van der Waals surface area contributed by atoms with E-state index in [1.165, 1.54) is 6.07 Å². The van der Waals surface area contributed by atoms with Gasteiger partial charge < -0.3 is 9.30 Å². The fourth-order valence-corrected chi connectivity index (χ4v) is 2.75. The van der Waals surface area contributed by atoms with E-state index in [0.29, 0.717) is 23.4 Å². The number of hydrogen-bond acceptors (Lipinski definition) is 1. The summed E-state index contributed by atoms with van der Waals surface area (Å²) < 4.78 is 21.5. The van der Waals surface area contributed by atoms with Crippen LogP contribution in [0, 0.1) is 5.82 Å². The van der Waals surface area contributed by atoms with Crippen LogP contribution in [0.2, 0.25) is 5.02 Å². The summed E-state index contributed by atoms with van der Waals surface area (Å²) >= 11 is 6.10. The molecule has 0 spiro atoms. The van der Waals surface area contributed by atoms with Gasteiger partial charge in [0, 0.05) is 28.7 Å². The Balaban J connectivity index is 1.96. The quantitative estimate of drug-likeness (QED) is 0.611. The minimum atomic E-state index is -0.243. The van der Waals surface area contributed by atoms with Gasteiger partial charge in [-0.15, -0.1) is 0 Å². The lowest BCUT2D eigenvalue weighted by Gasteiger charge is -2.08. The van der Waals surface area contributed by atoms with E-state index in [-0.39, 0.29) is 5.82 Å². The number of hydrogen-bond donors (Lipinski definition) is 0. The number of halogens is 2. The van der Waals surface area contributed by atoms with Crippen molar-refractivity contribution in [2.45, 2.75) is 26.5 Å². The van der Waals surface area contributed by atoms with E-state index in [1.54, 1.807) is 12.1 Å². The van der Waals surface area contributed by atoms with Crippen LogP contribution in [0.4, 0.5) is 4.39 Å². The molecule has 0 fully saturated rings. The molecule has 0 radical (unpaired) electrons. The first-order valence-electron chi connectivity index (χ1n) is 7.22. The number of aromatic nitrogens is 1. The standard InChI is InChI=1S/C18H17ClFNO/c1-12(2)21-10-13(15-9-14(20)7-8-17(15)21)11-22-18-6-4-3-5-16(18)19/h3-10,12H,11H2,1-2H3. The van der Waals surface area contributed by atoms with Gasteiger partial charge in [0.15, 0.2) is 0 Å². The lowest BCUT2D eigenvalue weighted by atomic mass is 10.2. The Bertz CT molecular complexity index is 810. The van der Waals surface area contributed by atoms with E-state index in [1.807, 2.05) is 30.5 Å². The molecule has 0 atom stereocenters. The Morgan fingerprint density at radius 1 is 1.18 bits per heavy atom. The fourth-order valence-electron chi connectivity index (χ4n) is 2.56. The van der Waals surface area contributed by atoms with Crippen LogP contribution in [0.15, 0.2) is 48.7 Å². The maximum Gasteiger partial charge on any atom is 0.138 e. The lowest BCUT2D eigenvalue weighted by molar-refractivity contribution is 0.307. The van der Waals surface area contributed by atoms with Crippen LogP contribution in [0.1, 0.15) is 25.5 Å². The SMILES string of the molecule is CC(C)n1cc(COc2ccccc2Cl)c2cc(F)ccc21. The van der Waals surface area contributed by atoms with Crippen molar-refractivity contribution < 1.29 is 9.13 Å².